The number of hydrogen-bond donors (Lipinski definition) is 1. The maximum Gasteiger partial charge on any atom is 0.115 e. The molecule has 0 aliphatic carbocycles. The number of aromatic hydroxyl groups is 1. The molecule has 0 heterocycles. The summed E-state index contributed by atoms with van der Waals surface area (Å²) in [6.07, 6.45) is 0. The van der Waals surface area contributed by atoms with Crippen LogP contribution in [0, 0.1) is 13.8 Å². The van der Waals surface area contributed by atoms with Gasteiger partial charge in [-0.25, -0.2) is 0 Å². The van der Waals surface area contributed by atoms with Crippen molar-refractivity contribution in [1.29, 1.82) is 0 Å². The van der Waals surface area contributed by atoms with Crippen molar-refractivity contribution < 1.29 is 9.81 Å². The molecule has 0 bridgehead atoms. The van der Waals surface area contributed by atoms with Gasteiger partial charge in [-0.15, -0.1) is 0 Å². The van der Waals surface area contributed by atoms with E-state index in [0.29, 0.717) is 5.75 Å². The molecular weight excluding hydrogens is 131 g/mol. The number of halogens is 1. The zero-order chi connectivity index (χ0) is 6.85. The molecule has 1 rings (SSSR count). The number of phenols is 1. The summed E-state index contributed by atoms with van der Waals surface area (Å²) in [7, 11) is 0. The van der Waals surface area contributed by atoms with Crippen LogP contribution in [0.25, 0.3) is 0 Å². The van der Waals surface area contributed by atoms with Gasteiger partial charge in [-0.3, -0.25) is 4.70 Å². The molecule has 0 unspecified atom stereocenters. The zero-order valence-electron chi connectivity index (χ0n) is 6.09. The van der Waals surface area contributed by atoms with Crippen molar-refractivity contribution in [1.82, 2.24) is 0 Å². The first kappa shape index (κ1) is 8.95. The third kappa shape index (κ3) is 1.72. The minimum atomic E-state index is 0. The van der Waals surface area contributed by atoms with Gasteiger partial charge in [0, 0.05) is 0 Å². The van der Waals surface area contributed by atoms with Crippen LogP contribution < -0.4 is 0 Å². The van der Waals surface area contributed by atoms with E-state index in [4.69, 9.17) is 5.11 Å². The van der Waals surface area contributed by atoms with E-state index in [9.17, 15) is 0 Å². The van der Waals surface area contributed by atoms with Crippen LogP contribution in [0.3, 0.4) is 0 Å². The summed E-state index contributed by atoms with van der Waals surface area (Å²) in [5, 5.41) is 8.94. The minimum Gasteiger partial charge on any atom is -0.508 e. The normalized spacial score (nSPS) is 8.60. The first-order chi connectivity index (χ1) is 4.20. The highest BCUT2D eigenvalue weighted by molar-refractivity contribution is 5.32. The van der Waals surface area contributed by atoms with Gasteiger partial charge >= 0.3 is 0 Å². The number of aryl methyl sites for hydroxylation is 2. The molecule has 0 aromatic heterocycles. The van der Waals surface area contributed by atoms with E-state index >= 15 is 0 Å². The molecule has 0 aliphatic heterocycles. The number of benzene rings is 1. The van der Waals surface area contributed by atoms with Crippen LogP contribution in [0.15, 0.2) is 18.2 Å². The topological polar surface area (TPSA) is 20.2 Å². The highest BCUT2D eigenvalue weighted by Crippen LogP contribution is 2.13. The third-order valence-corrected chi connectivity index (χ3v) is 1.49. The van der Waals surface area contributed by atoms with E-state index in [2.05, 4.69) is 0 Å². The van der Waals surface area contributed by atoms with Crippen LogP contribution in [0.1, 0.15) is 11.1 Å². The SMILES string of the molecule is Cc1ccc(O)cc1C.F. The van der Waals surface area contributed by atoms with Gasteiger partial charge in [0.15, 0.2) is 0 Å². The van der Waals surface area contributed by atoms with E-state index in [1.54, 1.807) is 12.1 Å². The lowest BCUT2D eigenvalue weighted by Crippen LogP contribution is -1.76. The second kappa shape index (κ2) is 3.20. The van der Waals surface area contributed by atoms with E-state index in [0.717, 1.165) is 5.56 Å². The quantitative estimate of drug-likeness (QED) is 0.588. The van der Waals surface area contributed by atoms with Gasteiger partial charge < -0.3 is 5.11 Å². The fourth-order valence-corrected chi connectivity index (χ4v) is 0.726. The van der Waals surface area contributed by atoms with E-state index in [-0.39, 0.29) is 4.70 Å². The van der Waals surface area contributed by atoms with Gasteiger partial charge in [0.1, 0.15) is 5.75 Å². The Hall–Kier alpha value is -1.05. The first-order valence-electron chi connectivity index (χ1n) is 2.96. The molecule has 2 heteroatoms. The van der Waals surface area contributed by atoms with Crippen LogP contribution in [-0.4, -0.2) is 5.11 Å². The molecule has 0 amide bonds. The summed E-state index contributed by atoms with van der Waals surface area (Å²) in [5.74, 6) is 0.345. The monoisotopic (exact) mass is 142 g/mol. The molecule has 1 nitrogen and oxygen atoms in total. The van der Waals surface area contributed by atoms with E-state index < -0.39 is 0 Å². The predicted octanol–water partition coefficient (Wildman–Crippen LogP) is 2.16. The van der Waals surface area contributed by atoms with Gasteiger partial charge in [0.05, 0.1) is 0 Å². The molecule has 0 saturated carbocycles. The van der Waals surface area contributed by atoms with Gasteiger partial charge in [0.2, 0.25) is 0 Å². The zero-order valence-corrected chi connectivity index (χ0v) is 6.09. The Labute approximate surface area is 59.7 Å². The Morgan fingerprint density at radius 1 is 1.10 bits per heavy atom. The molecule has 1 aromatic carbocycles. The summed E-state index contributed by atoms with van der Waals surface area (Å²) >= 11 is 0. The maximum absolute atomic E-state index is 8.94. The average molecular weight is 142 g/mol. The van der Waals surface area contributed by atoms with Crippen molar-refractivity contribution in [2.75, 3.05) is 0 Å². The smallest absolute Gasteiger partial charge is 0.115 e. The second-order valence-electron chi connectivity index (χ2n) is 2.27. The lowest BCUT2D eigenvalue weighted by atomic mass is 10.1. The van der Waals surface area contributed by atoms with Crippen molar-refractivity contribution in [3.8, 4) is 5.75 Å². The maximum atomic E-state index is 8.94. The molecule has 56 valence electrons. The molecule has 1 N–H and O–H groups in total. The molecule has 0 aliphatic rings. The highest BCUT2D eigenvalue weighted by Gasteiger charge is 1.90. The van der Waals surface area contributed by atoms with Crippen molar-refractivity contribution >= 4 is 0 Å². The van der Waals surface area contributed by atoms with Gasteiger partial charge in [0.25, 0.3) is 0 Å². The lowest BCUT2D eigenvalue weighted by molar-refractivity contribution is 0.474. The Morgan fingerprint density at radius 3 is 2.10 bits per heavy atom. The fourth-order valence-electron chi connectivity index (χ4n) is 0.726. The lowest BCUT2D eigenvalue weighted by Gasteiger charge is -1.97. The van der Waals surface area contributed by atoms with Crippen molar-refractivity contribution in [3.05, 3.63) is 29.3 Å². The summed E-state index contributed by atoms with van der Waals surface area (Å²) < 4.78 is 0. The summed E-state index contributed by atoms with van der Waals surface area (Å²) in [6.45, 7) is 4.00. The van der Waals surface area contributed by atoms with Crippen LogP contribution >= 0.6 is 0 Å². The Bertz CT molecular complexity index is 220. The largest absolute Gasteiger partial charge is 0.508 e. The van der Waals surface area contributed by atoms with Gasteiger partial charge in [-0.1, -0.05) is 6.07 Å². The molecule has 0 fully saturated rings. The first-order valence-corrected chi connectivity index (χ1v) is 2.96. The Balaban J connectivity index is 0.000000810. The Morgan fingerprint density at radius 2 is 1.70 bits per heavy atom. The summed E-state index contributed by atoms with van der Waals surface area (Å²) in [4.78, 5) is 0. The number of phenolic OH excluding ortho intramolecular Hbond substituents is 1. The molecule has 0 radical (unpaired) electrons. The molecule has 1 aromatic rings. The van der Waals surface area contributed by atoms with Crippen LogP contribution in [-0.2, 0) is 0 Å². The highest BCUT2D eigenvalue weighted by atomic mass is 19.0. The van der Waals surface area contributed by atoms with Crippen LogP contribution in [0.5, 0.6) is 5.75 Å². The number of rotatable bonds is 0. The van der Waals surface area contributed by atoms with Crippen molar-refractivity contribution in [2.45, 2.75) is 13.8 Å². The minimum absolute atomic E-state index is 0. The second-order valence-corrected chi connectivity index (χ2v) is 2.27. The van der Waals surface area contributed by atoms with Crippen molar-refractivity contribution in [2.24, 2.45) is 0 Å². The van der Waals surface area contributed by atoms with Gasteiger partial charge in [-0.05, 0) is 37.1 Å². The molecule has 0 spiro atoms. The van der Waals surface area contributed by atoms with Crippen LogP contribution in [0.2, 0.25) is 0 Å². The van der Waals surface area contributed by atoms with Gasteiger partial charge in [-0.2, -0.15) is 0 Å². The standard InChI is InChI=1S/C8H10O.FH/c1-6-3-4-8(9)5-7(6)2;/h3-5,9H,1-2H3;1H. The Kier molecular flexibility index (Phi) is 2.87. The summed E-state index contributed by atoms with van der Waals surface area (Å²) in [6, 6.07) is 5.36. The molecule has 0 atom stereocenters. The van der Waals surface area contributed by atoms with Crippen molar-refractivity contribution in [3.63, 3.8) is 0 Å². The average Bonchev–Trinajstić information content (AvgIpc) is 1.80. The third-order valence-electron chi connectivity index (χ3n) is 1.49. The van der Waals surface area contributed by atoms with E-state index in [1.165, 1.54) is 5.56 Å². The molecule has 10 heavy (non-hydrogen) atoms. The number of hydrogen-bond acceptors (Lipinski definition) is 1. The molecule has 0 saturated heterocycles. The predicted molar refractivity (Wildman–Crippen MR) is 40.1 cm³/mol. The fraction of sp³-hybridized carbons (Fsp3) is 0.250. The molecular formula is C8H11FO. The van der Waals surface area contributed by atoms with Crippen LogP contribution in [0.4, 0.5) is 4.70 Å². The van der Waals surface area contributed by atoms with E-state index in [1.807, 2.05) is 19.9 Å². The summed E-state index contributed by atoms with van der Waals surface area (Å²) in [5.41, 5.74) is 2.35.